The highest BCUT2D eigenvalue weighted by molar-refractivity contribution is 5.89. The number of hydrogen-bond donors (Lipinski definition) is 20. The summed E-state index contributed by atoms with van der Waals surface area (Å²) in [4.78, 5) is 27.4. The molecule has 0 bridgehead atoms. The Bertz CT molecular complexity index is 3600. The molecule has 20 atom stereocenters. The molecule has 486 valence electrons. The summed E-state index contributed by atoms with van der Waals surface area (Å²) < 4.78 is 61.2. The van der Waals surface area contributed by atoms with Crippen molar-refractivity contribution in [2.24, 2.45) is 0 Å². The number of aromatic hydroxyl groups is 7. The first-order valence-electron chi connectivity index (χ1n) is 27.1. The monoisotopic (exact) mass is 1260 g/mol. The Hall–Kier alpha value is -7.46. The van der Waals surface area contributed by atoms with Gasteiger partial charge in [0.15, 0.2) is 47.1 Å². The molecule has 4 saturated heterocycles. The largest absolute Gasteiger partial charge is 0.508 e. The first-order chi connectivity index (χ1) is 42.1. The Balaban J connectivity index is 0.000000212. The zero-order chi connectivity index (χ0) is 64.8. The Morgan fingerprint density at radius 2 is 0.809 bits per heavy atom. The molecule has 33 heteroatoms. The number of ether oxygens (including phenoxy) is 9. The number of hydrogen-bond acceptors (Lipinski definition) is 33. The van der Waals surface area contributed by atoms with Gasteiger partial charge in [0.25, 0.3) is 0 Å². The van der Waals surface area contributed by atoms with Crippen LogP contribution in [0.1, 0.15) is 13.8 Å². The number of aliphatic hydroxyl groups excluding tert-OH is 13. The molecule has 4 fully saturated rings. The smallest absolute Gasteiger partial charge is 0.239 e. The van der Waals surface area contributed by atoms with Crippen LogP contribution in [0.4, 0.5) is 0 Å². The predicted octanol–water partition coefficient (Wildman–Crippen LogP) is -3.71. The molecule has 6 aromatic rings. The lowest BCUT2D eigenvalue weighted by Crippen LogP contribution is -2.61. The molecule has 89 heavy (non-hydrogen) atoms. The summed E-state index contributed by atoms with van der Waals surface area (Å²) in [5.41, 5.74) is -2.58. The maximum Gasteiger partial charge on any atom is 0.239 e. The molecule has 0 amide bonds. The van der Waals surface area contributed by atoms with Gasteiger partial charge in [-0.2, -0.15) is 0 Å². The van der Waals surface area contributed by atoms with Crippen LogP contribution < -0.4 is 25.1 Å². The van der Waals surface area contributed by atoms with E-state index in [0.29, 0.717) is 0 Å². The van der Waals surface area contributed by atoms with Gasteiger partial charge < -0.3 is 154 Å². The van der Waals surface area contributed by atoms with Crippen LogP contribution in [0.25, 0.3) is 44.6 Å². The van der Waals surface area contributed by atoms with Gasteiger partial charge in [0.2, 0.25) is 34.9 Å². The zero-order valence-electron chi connectivity index (χ0n) is 46.4. The minimum Gasteiger partial charge on any atom is -0.508 e. The molecule has 20 N–H and O–H groups in total. The van der Waals surface area contributed by atoms with Crippen molar-refractivity contribution in [1.29, 1.82) is 0 Å². The molecule has 4 aliphatic rings. The van der Waals surface area contributed by atoms with Crippen LogP contribution in [0.2, 0.25) is 0 Å². The molecule has 10 rings (SSSR count). The Kier molecular flexibility index (Phi) is 20.0. The lowest BCUT2D eigenvalue weighted by molar-refractivity contribution is -0.318. The fourth-order valence-electron chi connectivity index (χ4n) is 9.91. The van der Waals surface area contributed by atoms with E-state index in [4.69, 9.17) is 56.6 Å². The van der Waals surface area contributed by atoms with E-state index in [1.54, 1.807) is 0 Å². The van der Waals surface area contributed by atoms with E-state index in [9.17, 15) is 107 Å². The Morgan fingerprint density at radius 3 is 1.22 bits per heavy atom. The average molecular weight is 1270 g/mol. The maximum atomic E-state index is 13.8. The van der Waals surface area contributed by atoms with Crippen LogP contribution in [0, 0.1) is 0 Å². The predicted molar refractivity (Wildman–Crippen MR) is 291 cm³/mol. The quantitative estimate of drug-likeness (QED) is 0.0440. The fraction of sp³-hybridized carbons (Fsp3) is 0.464. The summed E-state index contributed by atoms with van der Waals surface area (Å²) >= 11 is 0. The van der Waals surface area contributed by atoms with Crippen molar-refractivity contribution in [1.82, 2.24) is 0 Å². The van der Waals surface area contributed by atoms with Crippen molar-refractivity contribution in [3.05, 3.63) is 81.1 Å². The Morgan fingerprint density at radius 1 is 0.416 bits per heavy atom. The molecule has 0 saturated carbocycles. The third-order valence-electron chi connectivity index (χ3n) is 14.9. The normalized spacial score (nSPS) is 32.3. The summed E-state index contributed by atoms with van der Waals surface area (Å²) in [6.45, 7) is 1.15. The third-order valence-corrected chi connectivity index (χ3v) is 14.9. The van der Waals surface area contributed by atoms with Crippen LogP contribution in [0.5, 0.6) is 57.5 Å². The number of benzene rings is 4. The van der Waals surface area contributed by atoms with E-state index in [-0.39, 0.29) is 47.0 Å². The molecule has 6 heterocycles. The molecule has 33 nitrogen and oxygen atoms in total. The summed E-state index contributed by atoms with van der Waals surface area (Å²) in [5.74, 6) is -6.06. The average Bonchev–Trinajstić information content (AvgIpc) is 0.855. The van der Waals surface area contributed by atoms with Crippen LogP contribution in [-0.4, -0.2) is 251 Å². The summed E-state index contributed by atoms with van der Waals surface area (Å²) in [6.07, 6.45) is -32.3. The summed E-state index contributed by atoms with van der Waals surface area (Å²) in [7, 11) is 0. The van der Waals surface area contributed by atoms with Crippen molar-refractivity contribution in [2.75, 3.05) is 26.4 Å². The van der Waals surface area contributed by atoms with Gasteiger partial charge in [0.1, 0.15) is 137 Å². The number of phenols is 7. The van der Waals surface area contributed by atoms with Crippen LogP contribution >= 0.6 is 0 Å². The minimum absolute atomic E-state index is 0.0189. The molecular weight excluding hydrogens is 1200 g/mol. The first-order valence-corrected chi connectivity index (χ1v) is 27.1. The lowest BCUT2D eigenvalue weighted by atomic mass is 9.98. The van der Waals surface area contributed by atoms with Crippen molar-refractivity contribution in [2.45, 2.75) is 137 Å². The summed E-state index contributed by atoms with van der Waals surface area (Å²) in [5, 5.41) is 203. The second-order valence-electron chi connectivity index (χ2n) is 21.1. The van der Waals surface area contributed by atoms with Crippen LogP contribution in [0.3, 0.4) is 0 Å². The van der Waals surface area contributed by atoms with Gasteiger partial charge in [-0.1, -0.05) is 0 Å². The molecule has 4 aromatic carbocycles. The first kappa shape index (κ1) is 66.0. The molecule has 0 aliphatic carbocycles. The van der Waals surface area contributed by atoms with Gasteiger partial charge in [0.05, 0.1) is 32.0 Å². The van der Waals surface area contributed by atoms with Gasteiger partial charge in [-0.3, -0.25) is 9.59 Å². The zero-order valence-corrected chi connectivity index (χ0v) is 46.4. The van der Waals surface area contributed by atoms with E-state index in [0.717, 1.165) is 42.5 Å². The Labute approximate surface area is 498 Å². The van der Waals surface area contributed by atoms with Gasteiger partial charge in [-0.25, -0.2) is 0 Å². The lowest BCUT2D eigenvalue weighted by Gasteiger charge is -2.42. The highest BCUT2D eigenvalue weighted by Crippen LogP contribution is 2.42. The number of phenolic OH excluding ortho intramolecular Hbond substituents is 7. The number of fused-ring (bicyclic) bond motifs is 2. The standard InChI is InChI=1S/C29H34O17.C27H30O16/c1-10-19(34)22(37)24(39)28(43-10)42-9-17-20(35)23(38)25(40)29(45-17)46-27-21(36)18-15(33)7-12(41-5-4-30)8-16(18)44-26(27)11-2-3-13(31)14(32)6-11;1-8-17(32)20(35)22(37)26(40-8)39-7-15-18(33)21(36)23(38)27(42-15)43-25-19(34)16-13(31)5-10(28)6-14(16)41-24(25)9-2-3-11(29)12(30)4-9/h2-3,6-8,10,17,19-20,22-25,28-35,37-40H,4-5,9H2,1H3;2-6,8,15,17-18,20-23,26-33,35-38H,7H2,1H3/t10-,17+,19-,20+,22+,23-,24+,25+,28+,29-;8-,15+,17-,18+,20+,21-,22+,23+,26+,27-/m00/s1. The van der Waals surface area contributed by atoms with Gasteiger partial charge in [0, 0.05) is 35.4 Å². The van der Waals surface area contributed by atoms with E-state index < -0.39 is 215 Å². The van der Waals surface area contributed by atoms with Crippen molar-refractivity contribution >= 4 is 21.9 Å². The minimum atomic E-state index is -1.97. The van der Waals surface area contributed by atoms with Crippen molar-refractivity contribution in [3.8, 4) is 80.1 Å². The number of rotatable bonds is 15. The fourth-order valence-corrected chi connectivity index (χ4v) is 9.91. The van der Waals surface area contributed by atoms with Crippen molar-refractivity contribution < 1.29 is 154 Å². The van der Waals surface area contributed by atoms with Crippen LogP contribution in [-0.2, 0) is 28.4 Å². The highest BCUT2D eigenvalue weighted by Gasteiger charge is 2.50. The molecule has 0 spiro atoms. The topological polar surface area (TPSA) is 548 Å². The van der Waals surface area contributed by atoms with E-state index >= 15 is 0 Å². The molecular formula is C56H64O33. The van der Waals surface area contributed by atoms with E-state index in [2.05, 4.69) is 0 Å². The van der Waals surface area contributed by atoms with Gasteiger partial charge in [-0.15, -0.1) is 0 Å². The van der Waals surface area contributed by atoms with Crippen molar-refractivity contribution in [3.63, 3.8) is 0 Å². The molecule has 0 radical (unpaired) electrons. The third kappa shape index (κ3) is 13.4. The van der Waals surface area contributed by atoms with E-state index in [1.807, 2.05) is 0 Å². The van der Waals surface area contributed by atoms with Gasteiger partial charge in [-0.05, 0) is 50.2 Å². The number of aliphatic hydroxyl groups is 13. The SMILES string of the molecule is C[C@@H]1O[C@@H](OC[C@H]2O[C@@H](Oc3c(-c4ccc(O)c(O)c4)oc4cc(O)cc(O)c4c3=O)[C@H](O)[C@@H](O)[C@@H]2O)[C@H](O)[C@H](O)[C@H]1O.C[C@@H]1O[C@@H](OC[C@H]2O[C@@H](Oc3c(-c4ccc(O)c(O)c4)oc4cc(OCCO)cc(O)c4c3=O)[C@H](O)[C@@H](O)[C@@H]2O)[C@H](O)[C@H](O)[C@H]1O. The second kappa shape index (κ2) is 26.9. The second-order valence-corrected chi connectivity index (χ2v) is 21.1. The van der Waals surface area contributed by atoms with Gasteiger partial charge >= 0.3 is 0 Å². The van der Waals surface area contributed by atoms with E-state index in [1.165, 1.54) is 32.0 Å². The highest BCUT2D eigenvalue weighted by atomic mass is 16.7. The molecule has 2 aromatic heterocycles. The van der Waals surface area contributed by atoms with Crippen LogP contribution in [0.15, 0.2) is 79.1 Å². The maximum absolute atomic E-state index is 13.8. The molecule has 4 aliphatic heterocycles. The molecule has 0 unspecified atom stereocenters. The summed E-state index contributed by atoms with van der Waals surface area (Å²) in [6, 6.07) is 11.0.